The third-order valence-electron chi connectivity index (χ3n) is 2.66. The largest absolute Gasteiger partial charge is 0.416 e. The molecule has 0 atom stereocenters. The predicted molar refractivity (Wildman–Crippen MR) is 68.5 cm³/mol. The standard InChI is InChI=1S/C14H11F3OS/c1-9-2-7-13(19-9)12(18)8-10-3-5-11(6-4-10)14(15,16)17/h2-7H,8H2,1H3. The monoisotopic (exact) mass is 284 g/mol. The first-order valence-corrected chi connectivity index (χ1v) is 6.43. The van der Waals surface area contributed by atoms with Crippen molar-refractivity contribution in [1.82, 2.24) is 0 Å². The number of hydrogen-bond donors (Lipinski definition) is 0. The van der Waals surface area contributed by atoms with Crippen LogP contribution in [0, 0.1) is 6.92 Å². The van der Waals surface area contributed by atoms with Crippen molar-refractivity contribution in [3.05, 3.63) is 57.3 Å². The predicted octanol–water partition coefficient (Wildman–Crippen LogP) is 4.50. The summed E-state index contributed by atoms with van der Waals surface area (Å²) in [6, 6.07) is 8.30. The molecule has 0 spiro atoms. The molecule has 0 unspecified atom stereocenters. The molecule has 19 heavy (non-hydrogen) atoms. The smallest absolute Gasteiger partial charge is 0.293 e. The number of Topliss-reactive ketones (excluding diaryl/α,β-unsaturated/α-hetero) is 1. The van der Waals surface area contributed by atoms with Crippen molar-refractivity contribution in [3.8, 4) is 0 Å². The Labute approximate surface area is 112 Å². The van der Waals surface area contributed by atoms with Crippen molar-refractivity contribution >= 4 is 17.1 Å². The number of aryl methyl sites for hydroxylation is 1. The molecule has 1 aromatic carbocycles. The Morgan fingerprint density at radius 3 is 2.21 bits per heavy atom. The summed E-state index contributed by atoms with van der Waals surface area (Å²) in [5.74, 6) is -0.0714. The second kappa shape index (κ2) is 5.17. The quantitative estimate of drug-likeness (QED) is 0.758. The second-order valence-corrected chi connectivity index (χ2v) is 5.49. The molecule has 0 saturated carbocycles. The van der Waals surface area contributed by atoms with Crippen LogP contribution in [0.15, 0.2) is 36.4 Å². The molecule has 0 aliphatic rings. The third-order valence-corrected chi connectivity index (χ3v) is 3.70. The highest BCUT2D eigenvalue weighted by Crippen LogP contribution is 2.29. The summed E-state index contributed by atoms with van der Waals surface area (Å²) >= 11 is 1.39. The summed E-state index contributed by atoms with van der Waals surface area (Å²) < 4.78 is 37.2. The van der Waals surface area contributed by atoms with E-state index in [-0.39, 0.29) is 12.2 Å². The number of ketones is 1. The summed E-state index contributed by atoms with van der Waals surface area (Å²) in [6.45, 7) is 1.90. The molecular weight excluding hydrogens is 273 g/mol. The zero-order chi connectivity index (χ0) is 14.0. The molecule has 0 aliphatic carbocycles. The highest BCUT2D eigenvalue weighted by molar-refractivity contribution is 7.14. The molecule has 0 N–H and O–H groups in total. The van der Waals surface area contributed by atoms with E-state index in [0.29, 0.717) is 10.4 Å². The van der Waals surface area contributed by atoms with E-state index < -0.39 is 11.7 Å². The van der Waals surface area contributed by atoms with E-state index >= 15 is 0 Å². The lowest BCUT2D eigenvalue weighted by Crippen LogP contribution is -2.06. The minimum absolute atomic E-state index is 0.0714. The van der Waals surface area contributed by atoms with Gasteiger partial charge in [0.05, 0.1) is 10.4 Å². The van der Waals surface area contributed by atoms with E-state index in [9.17, 15) is 18.0 Å². The van der Waals surface area contributed by atoms with Gasteiger partial charge in [0.1, 0.15) is 0 Å². The molecule has 1 heterocycles. The Morgan fingerprint density at radius 1 is 1.11 bits per heavy atom. The van der Waals surface area contributed by atoms with E-state index in [1.54, 1.807) is 6.07 Å². The van der Waals surface area contributed by atoms with Gasteiger partial charge in [0.15, 0.2) is 5.78 Å². The Morgan fingerprint density at radius 2 is 1.74 bits per heavy atom. The minimum Gasteiger partial charge on any atom is -0.293 e. The Balaban J connectivity index is 2.10. The molecule has 1 nitrogen and oxygen atoms in total. The summed E-state index contributed by atoms with van der Waals surface area (Å²) in [6.07, 6.45) is -4.22. The maximum Gasteiger partial charge on any atom is 0.416 e. The number of thiophene rings is 1. The van der Waals surface area contributed by atoms with Crippen molar-refractivity contribution in [1.29, 1.82) is 0 Å². The zero-order valence-corrected chi connectivity index (χ0v) is 10.9. The molecule has 100 valence electrons. The second-order valence-electron chi connectivity index (χ2n) is 4.20. The number of carbonyl (C=O) groups excluding carboxylic acids is 1. The van der Waals surface area contributed by atoms with Crippen LogP contribution in [-0.4, -0.2) is 5.78 Å². The SMILES string of the molecule is Cc1ccc(C(=O)Cc2ccc(C(F)(F)F)cc2)s1. The fraction of sp³-hybridized carbons (Fsp3) is 0.214. The lowest BCUT2D eigenvalue weighted by atomic mass is 10.1. The molecule has 5 heteroatoms. The van der Waals surface area contributed by atoms with Crippen LogP contribution in [0.4, 0.5) is 13.2 Å². The zero-order valence-electron chi connectivity index (χ0n) is 10.1. The van der Waals surface area contributed by atoms with Gasteiger partial charge in [-0.1, -0.05) is 12.1 Å². The van der Waals surface area contributed by atoms with Gasteiger partial charge in [-0.15, -0.1) is 11.3 Å². The summed E-state index contributed by atoms with van der Waals surface area (Å²) in [5, 5.41) is 0. The van der Waals surface area contributed by atoms with Crippen molar-refractivity contribution in [2.45, 2.75) is 19.5 Å². The highest BCUT2D eigenvalue weighted by Gasteiger charge is 2.29. The van der Waals surface area contributed by atoms with E-state index in [0.717, 1.165) is 17.0 Å². The topological polar surface area (TPSA) is 17.1 Å². The van der Waals surface area contributed by atoms with Crippen LogP contribution in [0.5, 0.6) is 0 Å². The van der Waals surface area contributed by atoms with E-state index in [4.69, 9.17) is 0 Å². The number of halogens is 3. The molecule has 0 saturated heterocycles. The van der Waals surface area contributed by atoms with Gasteiger partial charge in [0, 0.05) is 11.3 Å². The maximum absolute atomic E-state index is 12.4. The van der Waals surface area contributed by atoms with Gasteiger partial charge in [-0.05, 0) is 36.8 Å². The number of hydrogen-bond acceptors (Lipinski definition) is 2. The summed E-state index contributed by atoms with van der Waals surface area (Å²) in [7, 11) is 0. The van der Waals surface area contributed by atoms with E-state index in [1.807, 2.05) is 13.0 Å². The van der Waals surface area contributed by atoms with Crippen molar-refractivity contribution in [2.24, 2.45) is 0 Å². The van der Waals surface area contributed by atoms with Gasteiger partial charge in [-0.2, -0.15) is 13.2 Å². The first kappa shape index (κ1) is 13.8. The van der Waals surface area contributed by atoms with Crippen molar-refractivity contribution in [2.75, 3.05) is 0 Å². The van der Waals surface area contributed by atoms with E-state index in [2.05, 4.69) is 0 Å². The van der Waals surface area contributed by atoms with Gasteiger partial charge >= 0.3 is 6.18 Å². The third kappa shape index (κ3) is 3.44. The van der Waals surface area contributed by atoms with Gasteiger partial charge < -0.3 is 0 Å². The fourth-order valence-corrected chi connectivity index (χ4v) is 2.47. The van der Waals surface area contributed by atoms with Gasteiger partial charge in [-0.3, -0.25) is 4.79 Å². The van der Waals surface area contributed by atoms with Crippen LogP contribution in [0.3, 0.4) is 0 Å². The van der Waals surface area contributed by atoms with Crippen LogP contribution in [-0.2, 0) is 12.6 Å². The lowest BCUT2D eigenvalue weighted by Gasteiger charge is -2.07. The van der Waals surface area contributed by atoms with Gasteiger partial charge in [0.2, 0.25) is 0 Å². The van der Waals surface area contributed by atoms with Gasteiger partial charge in [-0.25, -0.2) is 0 Å². The Bertz CT molecular complexity index is 581. The molecule has 0 aliphatic heterocycles. The minimum atomic E-state index is -4.34. The van der Waals surface area contributed by atoms with Crippen LogP contribution in [0.1, 0.15) is 25.7 Å². The average molecular weight is 284 g/mol. The summed E-state index contributed by atoms with van der Waals surface area (Å²) in [4.78, 5) is 13.6. The van der Waals surface area contributed by atoms with Gasteiger partial charge in [0.25, 0.3) is 0 Å². The molecule has 0 bridgehead atoms. The number of benzene rings is 1. The number of carbonyl (C=O) groups is 1. The van der Waals surface area contributed by atoms with Crippen molar-refractivity contribution < 1.29 is 18.0 Å². The first-order chi connectivity index (χ1) is 8.86. The normalized spacial score (nSPS) is 11.6. The molecule has 2 aromatic rings. The number of alkyl halides is 3. The summed E-state index contributed by atoms with van der Waals surface area (Å²) in [5.41, 5.74) is -0.111. The lowest BCUT2D eigenvalue weighted by molar-refractivity contribution is -0.137. The highest BCUT2D eigenvalue weighted by atomic mass is 32.1. The molecule has 1 aromatic heterocycles. The molecule has 0 fully saturated rings. The van der Waals surface area contributed by atoms with E-state index in [1.165, 1.54) is 23.5 Å². The fourth-order valence-electron chi connectivity index (χ4n) is 1.67. The maximum atomic E-state index is 12.4. The van der Waals surface area contributed by atoms with Crippen LogP contribution in [0.25, 0.3) is 0 Å². The molecule has 2 rings (SSSR count). The average Bonchev–Trinajstić information content (AvgIpc) is 2.75. The Hall–Kier alpha value is -1.62. The van der Waals surface area contributed by atoms with Crippen molar-refractivity contribution in [3.63, 3.8) is 0 Å². The van der Waals surface area contributed by atoms with Crippen LogP contribution >= 0.6 is 11.3 Å². The Kier molecular flexibility index (Phi) is 3.75. The van der Waals surface area contributed by atoms with Crippen LogP contribution in [0.2, 0.25) is 0 Å². The number of rotatable bonds is 3. The first-order valence-electron chi connectivity index (χ1n) is 5.62. The molecular formula is C14H11F3OS. The molecule has 0 radical (unpaired) electrons. The van der Waals surface area contributed by atoms with Crippen LogP contribution < -0.4 is 0 Å². The molecule has 0 amide bonds.